The van der Waals surface area contributed by atoms with Gasteiger partial charge in [0.15, 0.2) is 11.4 Å². The molecule has 12 heteroatoms. The molecule has 3 heterocycles. The minimum Gasteiger partial charge on any atom is -0.459 e. The normalized spacial score (nSPS) is 17.5. The largest absolute Gasteiger partial charge is 0.459 e. The van der Waals surface area contributed by atoms with Crippen LogP contribution in [0.15, 0.2) is 34.9 Å². The molecule has 12 nitrogen and oxygen atoms in total. The van der Waals surface area contributed by atoms with Crippen LogP contribution in [-0.4, -0.2) is 55.2 Å². The number of carbonyl (C=O) groups is 2. The number of nitrogens with zero attached hydrogens (tertiary/aromatic N) is 4. The number of nitrogens with one attached hydrogen (secondary N) is 3. The minimum atomic E-state index is -0.651. The van der Waals surface area contributed by atoms with Gasteiger partial charge in [-0.15, -0.1) is 0 Å². The highest BCUT2D eigenvalue weighted by atomic mass is 16.6. The van der Waals surface area contributed by atoms with Crippen LogP contribution in [0.25, 0.3) is 22.0 Å². The zero-order valence-corrected chi connectivity index (χ0v) is 24.5. The summed E-state index contributed by atoms with van der Waals surface area (Å²) in [5, 5.41) is 14.9. The van der Waals surface area contributed by atoms with E-state index in [0.717, 1.165) is 30.3 Å². The highest BCUT2D eigenvalue weighted by Crippen LogP contribution is 2.30. The summed E-state index contributed by atoms with van der Waals surface area (Å²) < 4.78 is 17.9. The van der Waals surface area contributed by atoms with Crippen molar-refractivity contribution >= 4 is 51.6 Å². The Kier molecular flexibility index (Phi) is 7.26. The zero-order chi connectivity index (χ0) is 29.5. The smallest absolute Gasteiger partial charge is 0.435 e. The van der Waals surface area contributed by atoms with Gasteiger partial charge in [-0.2, -0.15) is 14.8 Å². The van der Waals surface area contributed by atoms with Crippen molar-refractivity contribution in [2.75, 3.05) is 10.6 Å². The van der Waals surface area contributed by atoms with Gasteiger partial charge in [-0.05, 0) is 85.9 Å². The molecule has 41 heavy (non-hydrogen) atoms. The highest BCUT2D eigenvalue weighted by Gasteiger charge is 2.29. The lowest BCUT2D eigenvalue weighted by molar-refractivity contribution is 0.0499. The molecule has 1 saturated carbocycles. The van der Waals surface area contributed by atoms with Gasteiger partial charge in [-0.3, -0.25) is 0 Å². The first-order valence-electron chi connectivity index (χ1n) is 13.8. The lowest BCUT2D eigenvalue weighted by Crippen LogP contribution is -2.38. The first-order valence-corrected chi connectivity index (χ1v) is 13.8. The van der Waals surface area contributed by atoms with E-state index >= 15 is 0 Å². The molecule has 1 fully saturated rings. The van der Waals surface area contributed by atoms with Crippen molar-refractivity contribution < 1.29 is 23.5 Å². The molecule has 3 N–H and O–H groups in total. The van der Waals surface area contributed by atoms with Gasteiger partial charge in [0, 0.05) is 29.2 Å². The van der Waals surface area contributed by atoms with Gasteiger partial charge >= 0.3 is 12.2 Å². The molecular formula is C29H37N7O5. The molecule has 0 spiro atoms. The summed E-state index contributed by atoms with van der Waals surface area (Å²) in [5.74, 6) is 0.920. The molecule has 0 saturated heterocycles. The summed E-state index contributed by atoms with van der Waals surface area (Å²) in [6, 6.07) is 7.45. The maximum absolute atomic E-state index is 12.8. The predicted molar refractivity (Wildman–Crippen MR) is 156 cm³/mol. The van der Waals surface area contributed by atoms with Crippen LogP contribution in [0.5, 0.6) is 0 Å². The van der Waals surface area contributed by atoms with E-state index in [2.05, 4.69) is 26.0 Å². The van der Waals surface area contributed by atoms with Crippen LogP contribution in [0, 0.1) is 6.92 Å². The van der Waals surface area contributed by atoms with Crippen LogP contribution in [0.1, 0.15) is 66.5 Å². The predicted octanol–water partition coefficient (Wildman–Crippen LogP) is 6.27. The van der Waals surface area contributed by atoms with E-state index < -0.39 is 23.4 Å². The Balaban J connectivity index is 1.34. The quantitative estimate of drug-likeness (QED) is 0.254. The number of hydrogen-bond donors (Lipinski definition) is 3. The SMILES string of the molecule is Cc1nn(C(=O)OC(C)(C)C)c2cc(Nc3nc(N[C@H]4CCC(NC(=O)OC(C)(C)C)C4)c4occc4n3)ccc12. The van der Waals surface area contributed by atoms with Gasteiger partial charge in [0.05, 0.1) is 17.5 Å². The molecule has 1 unspecified atom stereocenters. The van der Waals surface area contributed by atoms with Crippen LogP contribution in [0.2, 0.25) is 0 Å². The molecule has 1 aliphatic carbocycles. The Morgan fingerprint density at radius 1 is 1.00 bits per heavy atom. The second-order valence-corrected chi connectivity index (χ2v) is 12.4. The minimum absolute atomic E-state index is 0.00103. The number of fused-ring (bicyclic) bond motifs is 2. The van der Waals surface area contributed by atoms with Crippen molar-refractivity contribution in [3.8, 4) is 0 Å². The Bertz CT molecular complexity index is 1590. The maximum Gasteiger partial charge on any atom is 0.435 e. The summed E-state index contributed by atoms with van der Waals surface area (Å²) in [5.41, 5.74) is 2.00. The number of hydrogen-bond acceptors (Lipinski definition) is 10. The van der Waals surface area contributed by atoms with E-state index in [9.17, 15) is 9.59 Å². The van der Waals surface area contributed by atoms with E-state index in [1.807, 2.05) is 66.7 Å². The monoisotopic (exact) mass is 563 g/mol. The Morgan fingerprint density at radius 3 is 2.46 bits per heavy atom. The third kappa shape index (κ3) is 6.69. The van der Waals surface area contributed by atoms with Crippen molar-refractivity contribution in [1.82, 2.24) is 25.1 Å². The summed E-state index contributed by atoms with van der Waals surface area (Å²) in [7, 11) is 0. The third-order valence-electron chi connectivity index (χ3n) is 6.49. The van der Waals surface area contributed by atoms with Gasteiger partial charge in [0.25, 0.3) is 0 Å². The van der Waals surface area contributed by atoms with Crippen molar-refractivity contribution in [2.45, 2.75) is 91.0 Å². The summed E-state index contributed by atoms with van der Waals surface area (Å²) in [6.45, 7) is 12.8. The number of ether oxygens (including phenoxy) is 2. The van der Waals surface area contributed by atoms with E-state index in [-0.39, 0.29) is 12.1 Å². The topological polar surface area (TPSA) is 145 Å². The molecule has 218 valence electrons. The lowest BCUT2D eigenvalue weighted by Gasteiger charge is -2.22. The average molecular weight is 564 g/mol. The molecule has 2 atom stereocenters. The molecule has 0 aliphatic heterocycles. The van der Waals surface area contributed by atoms with Gasteiger partial charge in [-0.1, -0.05) is 0 Å². The number of aryl methyl sites for hydroxylation is 1. The Labute approximate surface area is 238 Å². The van der Waals surface area contributed by atoms with Gasteiger partial charge in [0.1, 0.15) is 16.7 Å². The van der Waals surface area contributed by atoms with Crippen molar-refractivity contribution in [3.63, 3.8) is 0 Å². The molecule has 0 radical (unpaired) electrons. The number of aromatic nitrogens is 4. The second-order valence-electron chi connectivity index (χ2n) is 12.4. The van der Waals surface area contributed by atoms with Crippen molar-refractivity contribution in [2.24, 2.45) is 0 Å². The number of furan rings is 1. The maximum atomic E-state index is 12.8. The number of alkyl carbamates (subject to hydrolysis) is 1. The molecule has 0 bridgehead atoms. The highest BCUT2D eigenvalue weighted by molar-refractivity contribution is 5.92. The number of amides is 1. The van der Waals surface area contributed by atoms with E-state index in [0.29, 0.717) is 34.1 Å². The fourth-order valence-corrected chi connectivity index (χ4v) is 4.85. The Hall–Kier alpha value is -4.35. The first-order chi connectivity index (χ1) is 19.2. The molecular weight excluding hydrogens is 526 g/mol. The first kappa shape index (κ1) is 28.2. The van der Waals surface area contributed by atoms with E-state index in [4.69, 9.17) is 18.9 Å². The molecule has 1 aliphatic rings. The molecule has 1 aromatic carbocycles. The van der Waals surface area contributed by atoms with Crippen LogP contribution < -0.4 is 16.0 Å². The number of carbonyl (C=O) groups excluding carboxylic acids is 2. The van der Waals surface area contributed by atoms with Crippen LogP contribution >= 0.6 is 0 Å². The van der Waals surface area contributed by atoms with Crippen molar-refractivity contribution in [1.29, 1.82) is 0 Å². The fraction of sp³-hybridized carbons (Fsp3) is 0.483. The molecule has 5 rings (SSSR count). The second kappa shape index (κ2) is 10.6. The van der Waals surface area contributed by atoms with Crippen molar-refractivity contribution in [3.05, 3.63) is 36.2 Å². The van der Waals surface area contributed by atoms with Gasteiger partial charge in [0.2, 0.25) is 5.95 Å². The number of benzene rings is 1. The fourth-order valence-electron chi connectivity index (χ4n) is 4.85. The average Bonchev–Trinajstić information content (AvgIpc) is 3.56. The zero-order valence-electron chi connectivity index (χ0n) is 24.5. The van der Waals surface area contributed by atoms with Crippen LogP contribution in [0.3, 0.4) is 0 Å². The number of rotatable bonds is 5. The summed E-state index contributed by atoms with van der Waals surface area (Å²) in [6.07, 6.45) is 3.00. The Morgan fingerprint density at radius 2 is 1.73 bits per heavy atom. The molecule has 4 aromatic rings. The lowest BCUT2D eigenvalue weighted by atomic mass is 10.2. The van der Waals surface area contributed by atoms with E-state index in [1.54, 1.807) is 12.3 Å². The van der Waals surface area contributed by atoms with Crippen LogP contribution in [-0.2, 0) is 9.47 Å². The summed E-state index contributed by atoms with van der Waals surface area (Å²) >= 11 is 0. The van der Waals surface area contributed by atoms with Crippen LogP contribution in [0.4, 0.5) is 27.0 Å². The number of anilines is 3. The van der Waals surface area contributed by atoms with Gasteiger partial charge < -0.3 is 29.8 Å². The molecule has 3 aromatic heterocycles. The van der Waals surface area contributed by atoms with E-state index in [1.165, 1.54) is 4.68 Å². The standard InChI is InChI=1S/C29H37N7O5/c1-16-20-11-10-19(15-22(20)36(35-16)27(38)41-29(5,6)7)31-25-33-21-12-13-39-23(21)24(34-25)30-17-8-9-18(14-17)32-26(37)40-28(2,3)4/h10-13,15,17-18H,8-9,14H2,1-7H3,(H,32,37)(H2,30,31,33,34)/t17-,18?/m0/s1. The molecule has 1 amide bonds. The third-order valence-corrected chi connectivity index (χ3v) is 6.49. The van der Waals surface area contributed by atoms with Gasteiger partial charge in [-0.25, -0.2) is 14.6 Å². The summed E-state index contributed by atoms with van der Waals surface area (Å²) in [4.78, 5) is 34.3.